The number of hydrogen-bond acceptors (Lipinski definition) is 13. The average Bonchev–Trinajstić information content (AvgIpc) is 3.37. The first-order valence-electron chi connectivity index (χ1n) is 13.6. The van der Waals surface area contributed by atoms with E-state index in [2.05, 4.69) is 50.3 Å². The number of ether oxygens (including phenoxy) is 2. The number of sulfonamides is 1. The van der Waals surface area contributed by atoms with Gasteiger partial charge >= 0.3 is 6.09 Å². The van der Waals surface area contributed by atoms with E-state index < -0.39 is 21.7 Å². The van der Waals surface area contributed by atoms with E-state index in [9.17, 15) is 13.2 Å². The van der Waals surface area contributed by atoms with Crippen molar-refractivity contribution in [2.45, 2.75) is 32.8 Å². The summed E-state index contributed by atoms with van der Waals surface area (Å²) in [5.74, 6) is 0.521. The molecule has 0 bridgehead atoms. The molecule has 1 aliphatic rings. The number of hydrogen-bond donors (Lipinski definition) is 3. The third-order valence-electron chi connectivity index (χ3n) is 6.08. The highest BCUT2D eigenvalue weighted by molar-refractivity contribution is 7.92. The van der Waals surface area contributed by atoms with Gasteiger partial charge in [-0.3, -0.25) is 14.9 Å². The molecule has 1 aliphatic heterocycles. The molecule has 0 spiro atoms. The summed E-state index contributed by atoms with van der Waals surface area (Å²) in [6, 6.07) is 3.36. The Morgan fingerprint density at radius 3 is 2.44 bits per heavy atom. The van der Waals surface area contributed by atoms with Crippen LogP contribution in [0.4, 0.5) is 28.2 Å². The fraction of sp³-hybridized carbons (Fsp3) is 0.423. The molecule has 0 unspecified atom stereocenters. The van der Waals surface area contributed by atoms with Gasteiger partial charge in [0, 0.05) is 19.3 Å². The summed E-state index contributed by atoms with van der Waals surface area (Å²) in [6.07, 6.45) is 7.54. The van der Waals surface area contributed by atoms with Crippen LogP contribution in [0.3, 0.4) is 0 Å². The number of carbonyl (C=O) groups is 1. The standard InChI is InChI=1S/C26H33N11O5S/c1-26(2,3)42-25(38)33-21-6-5-20(17-27-21)37-22-18(14-31-37)13-28-24(34-22)32-19-15-29-23(30-16-19)35-43(39,40)12-4-7-36-8-10-41-11-9-36/h5-6,13-17H,4,7-12H2,1-3H3,(H,27,33,38)(H,28,32,34)(H,29,30,35). The van der Waals surface area contributed by atoms with Gasteiger partial charge < -0.3 is 14.8 Å². The van der Waals surface area contributed by atoms with Gasteiger partial charge in [-0.1, -0.05) is 0 Å². The molecular weight excluding hydrogens is 578 g/mol. The lowest BCUT2D eigenvalue weighted by Gasteiger charge is -2.26. The highest BCUT2D eigenvalue weighted by Gasteiger charge is 2.18. The Hall–Kier alpha value is -4.48. The number of amides is 1. The lowest BCUT2D eigenvalue weighted by atomic mass is 10.2. The maximum absolute atomic E-state index is 12.5. The number of anilines is 4. The molecule has 43 heavy (non-hydrogen) atoms. The molecule has 5 heterocycles. The zero-order valence-corrected chi connectivity index (χ0v) is 24.8. The molecular formula is C26H33N11O5S. The molecule has 0 aliphatic carbocycles. The van der Waals surface area contributed by atoms with Crippen molar-refractivity contribution in [2.75, 3.05) is 54.0 Å². The lowest BCUT2D eigenvalue weighted by Crippen LogP contribution is -2.37. The molecule has 0 radical (unpaired) electrons. The normalized spacial score (nSPS) is 14.4. The van der Waals surface area contributed by atoms with Crippen molar-refractivity contribution < 1.29 is 22.7 Å². The molecule has 17 heteroatoms. The molecule has 1 amide bonds. The molecule has 3 N–H and O–H groups in total. The largest absolute Gasteiger partial charge is 0.444 e. The van der Waals surface area contributed by atoms with E-state index in [4.69, 9.17) is 9.47 Å². The third-order valence-corrected chi connectivity index (χ3v) is 7.40. The number of pyridine rings is 1. The Morgan fingerprint density at radius 2 is 1.74 bits per heavy atom. The molecule has 0 saturated carbocycles. The number of carbonyl (C=O) groups excluding carboxylic acids is 1. The van der Waals surface area contributed by atoms with Crippen molar-refractivity contribution in [3.05, 3.63) is 43.1 Å². The van der Waals surface area contributed by atoms with Crippen LogP contribution in [-0.2, 0) is 19.5 Å². The van der Waals surface area contributed by atoms with Crippen LogP contribution in [0.1, 0.15) is 27.2 Å². The molecule has 4 aromatic heterocycles. The molecule has 16 nitrogen and oxygen atoms in total. The number of fused-ring (bicyclic) bond motifs is 1. The first-order chi connectivity index (χ1) is 20.5. The second-order valence-electron chi connectivity index (χ2n) is 10.7. The van der Waals surface area contributed by atoms with Gasteiger partial charge in [0.05, 0.1) is 60.5 Å². The fourth-order valence-electron chi connectivity index (χ4n) is 4.13. The predicted molar refractivity (Wildman–Crippen MR) is 159 cm³/mol. The van der Waals surface area contributed by atoms with Crippen LogP contribution in [0, 0.1) is 0 Å². The van der Waals surface area contributed by atoms with E-state index >= 15 is 0 Å². The monoisotopic (exact) mass is 611 g/mol. The Labute approximate surface area is 248 Å². The van der Waals surface area contributed by atoms with E-state index in [-0.39, 0.29) is 17.6 Å². The number of rotatable bonds is 10. The molecule has 0 atom stereocenters. The van der Waals surface area contributed by atoms with Crippen LogP contribution in [-0.4, -0.2) is 98.3 Å². The first-order valence-corrected chi connectivity index (χ1v) is 15.3. The summed E-state index contributed by atoms with van der Waals surface area (Å²) in [7, 11) is -3.59. The van der Waals surface area contributed by atoms with Gasteiger partial charge in [-0.25, -0.2) is 37.8 Å². The van der Waals surface area contributed by atoms with Gasteiger partial charge in [0.25, 0.3) is 0 Å². The highest BCUT2D eigenvalue weighted by atomic mass is 32.2. The van der Waals surface area contributed by atoms with Crippen LogP contribution in [0.15, 0.2) is 43.1 Å². The maximum Gasteiger partial charge on any atom is 0.413 e. The van der Waals surface area contributed by atoms with Crippen LogP contribution in [0.2, 0.25) is 0 Å². The van der Waals surface area contributed by atoms with Crippen molar-refractivity contribution >= 4 is 50.6 Å². The SMILES string of the molecule is CC(C)(C)OC(=O)Nc1ccc(-n2ncc3cnc(Nc4cnc(NS(=O)(=O)CCCN5CCOCC5)nc4)nc32)cn1. The quantitative estimate of drug-likeness (QED) is 0.237. The average molecular weight is 612 g/mol. The zero-order chi connectivity index (χ0) is 30.5. The molecule has 228 valence electrons. The minimum atomic E-state index is -3.59. The first kappa shape index (κ1) is 30.0. The van der Waals surface area contributed by atoms with E-state index in [1.165, 1.54) is 12.4 Å². The van der Waals surface area contributed by atoms with E-state index in [1.807, 2.05) is 0 Å². The van der Waals surface area contributed by atoms with Crippen LogP contribution in [0.25, 0.3) is 16.7 Å². The predicted octanol–water partition coefficient (Wildman–Crippen LogP) is 2.56. The van der Waals surface area contributed by atoms with Crippen molar-refractivity contribution in [3.63, 3.8) is 0 Å². The lowest BCUT2D eigenvalue weighted by molar-refractivity contribution is 0.0381. The van der Waals surface area contributed by atoms with Crippen LogP contribution in [0.5, 0.6) is 0 Å². The third kappa shape index (κ3) is 8.52. The van der Waals surface area contributed by atoms with Gasteiger partial charge in [0.1, 0.15) is 11.4 Å². The smallest absolute Gasteiger partial charge is 0.413 e. The summed E-state index contributed by atoms with van der Waals surface area (Å²) in [4.78, 5) is 35.6. The summed E-state index contributed by atoms with van der Waals surface area (Å²) < 4.78 is 39.5. The van der Waals surface area contributed by atoms with E-state index in [1.54, 1.807) is 56.2 Å². The Balaban J connectivity index is 1.19. The van der Waals surface area contributed by atoms with Crippen molar-refractivity contribution in [1.29, 1.82) is 0 Å². The number of nitrogens with zero attached hydrogens (tertiary/aromatic N) is 8. The highest BCUT2D eigenvalue weighted by Crippen LogP contribution is 2.20. The Kier molecular flexibility index (Phi) is 8.93. The Morgan fingerprint density at radius 1 is 1.00 bits per heavy atom. The number of aromatic nitrogens is 7. The van der Waals surface area contributed by atoms with Gasteiger partial charge in [0.15, 0.2) is 5.65 Å². The number of nitrogens with one attached hydrogen (secondary N) is 3. The summed E-state index contributed by atoms with van der Waals surface area (Å²) in [5, 5.41) is 10.7. The van der Waals surface area contributed by atoms with Crippen molar-refractivity contribution in [2.24, 2.45) is 0 Å². The number of morpholine rings is 1. The zero-order valence-electron chi connectivity index (χ0n) is 24.0. The summed E-state index contributed by atoms with van der Waals surface area (Å²) in [6.45, 7) is 8.97. The molecule has 1 fully saturated rings. The second-order valence-corrected chi connectivity index (χ2v) is 12.5. The van der Waals surface area contributed by atoms with E-state index in [0.717, 1.165) is 13.1 Å². The molecule has 1 saturated heterocycles. The minimum absolute atomic E-state index is 0.0246. The molecule has 5 rings (SSSR count). The van der Waals surface area contributed by atoms with Crippen LogP contribution < -0.4 is 15.4 Å². The summed E-state index contributed by atoms with van der Waals surface area (Å²) >= 11 is 0. The second kappa shape index (κ2) is 12.8. The van der Waals surface area contributed by atoms with Crippen molar-refractivity contribution in [3.8, 4) is 5.69 Å². The van der Waals surface area contributed by atoms with Gasteiger partial charge in [-0.15, -0.1) is 0 Å². The van der Waals surface area contributed by atoms with Gasteiger partial charge in [0.2, 0.25) is 21.9 Å². The maximum atomic E-state index is 12.5. The molecule has 0 aromatic carbocycles. The van der Waals surface area contributed by atoms with Crippen LogP contribution >= 0.6 is 0 Å². The van der Waals surface area contributed by atoms with E-state index in [0.29, 0.717) is 54.4 Å². The van der Waals surface area contributed by atoms with Crippen molar-refractivity contribution in [1.82, 2.24) is 39.6 Å². The molecule has 4 aromatic rings. The summed E-state index contributed by atoms with van der Waals surface area (Å²) in [5.41, 5.74) is 0.951. The minimum Gasteiger partial charge on any atom is -0.444 e. The van der Waals surface area contributed by atoms with Gasteiger partial charge in [-0.2, -0.15) is 10.1 Å². The topological polar surface area (TPSA) is 191 Å². The Bertz CT molecular complexity index is 1650. The van der Waals surface area contributed by atoms with Gasteiger partial charge in [-0.05, 0) is 45.9 Å². The fourth-order valence-corrected chi connectivity index (χ4v) is 5.12.